The molecule has 1 aromatic heterocycles. The zero-order valence-corrected chi connectivity index (χ0v) is 11.8. The average molecular weight is 273 g/mol. The fourth-order valence-corrected chi connectivity index (χ4v) is 2.69. The second kappa shape index (κ2) is 5.45. The number of rotatable bonds is 3. The minimum atomic E-state index is 0.792. The second-order valence-electron chi connectivity index (χ2n) is 4.85. The van der Waals surface area contributed by atoms with E-state index in [4.69, 9.17) is 9.47 Å². The number of hydrogen-bond donors (Lipinski definition) is 2. The van der Waals surface area contributed by atoms with E-state index in [1.54, 1.807) is 14.2 Å². The highest BCUT2D eigenvalue weighted by atomic mass is 16.5. The van der Waals surface area contributed by atoms with E-state index in [9.17, 15) is 0 Å². The van der Waals surface area contributed by atoms with Crippen LogP contribution < -0.4 is 14.8 Å². The van der Waals surface area contributed by atoms with E-state index < -0.39 is 0 Å². The van der Waals surface area contributed by atoms with Crippen molar-refractivity contribution < 1.29 is 9.47 Å². The molecule has 3 rings (SSSR count). The van der Waals surface area contributed by atoms with E-state index in [2.05, 4.69) is 15.5 Å². The number of fused-ring (bicyclic) bond motifs is 1. The number of hydrogen-bond acceptors (Lipinski definition) is 4. The maximum absolute atomic E-state index is 5.49. The van der Waals surface area contributed by atoms with Gasteiger partial charge in [-0.25, -0.2) is 0 Å². The summed E-state index contributed by atoms with van der Waals surface area (Å²) in [4.78, 5) is 0. The topological polar surface area (TPSA) is 59.2 Å². The Hall–Kier alpha value is -2.17. The first kappa shape index (κ1) is 12.8. The maximum atomic E-state index is 5.49. The predicted octanol–water partition coefficient (Wildman–Crippen LogP) is 2.84. The lowest BCUT2D eigenvalue weighted by Gasteiger charge is -2.13. The summed E-state index contributed by atoms with van der Waals surface area (Å²) in [6.07, 6.45) is 3.33. The molecule has 2 aromatic rings. The van der Waals surface area contributed by atoms with Crippen LogP contribution in [-0.2, 0) is 6.42 Å². The molecule has 0 saturated heterocycles. The van der Waals surface area contributed by atoms with Gasteiger partial charge in [0.25, 0.3) is 0 Å². The standard InChI is InChI=1S/C15H19N3O2/c1-19-11-7-5-8-12(20-2)13(11)14-10-6-3-4-9-16-15(10)18-17-14/h5,7-8H,3-4,6,9H2,1-2H3,(H2,16,17,18). The molecule has 2 heterocycles. The number of aromatic nitrogens is 2. The van der Waals surface area contributed by atoms with Gasteiger partial charge < -0.3 is 14.8 Å². The molecule has 0 aliphatic carbocycles. The molecule has 0 radical (unpaired) electrons. The summed E-state index contributed by atoms with van der Waals surface area (Å²) in [5.41, 5.74) is 3.14. The molecule has 5 heteroatoms. The molecule has 1 aliphatic heterocycles. The Morgan fingerprint density at radius 1 is 1.10 bits per heavy atom. The normalized spacial score (nSPS) is 14.1. The zero-order chi connectivity index (χ0) is 13.9. The molecule has 0 atom stereocenters. The summed E-state index contributed by atoms with van der Waals surface area (Å²) in [7, 11) is 3.34. The third-order valence-corrected chi connectivity index (χ3v) is 3.69. The summed E-state index contributed by atoms with van der Waals surface area (Å²) in [6, 6.07) is 5.80. The molecular formula is C15H19N3O2. The lowest BCUT2D eigenvalue weighted by atomic mass is 10.0. The lowest BCUT2D eigenvalue weighted by Crippen LogP contribution is -1.99. The molecule has 0 bridgehead atoms. The second-order valence-corrected chi connectivity index (χ2v) is 4.85. The fourth-order valence-electron chi connectivity index (χ4n) is 2.69. The molecule has 0 unspecified atom stereocenters. The number of nitrogens with one attached hydrogen (secondary N) is 2. The van der Waals surface area contributed by atoms with Gasteiger partial charge in [0, 0.05) is 12.1 Å². The maximum Gasteiger partial charge on any atom is 0.151 e. The van der Waals surface area contributed by atoms with Gasteiger partial charge >= 0.3 is 0 Å². The first-order chi connectivity index (χ1) is 9.85. The fraction of sp³-hybridized carbons (Fsp3) is 0.400. The van der Waals surface area contributed by atoms with Crippen LogP contribution in [-0.4, -0.2) is 31.0 Å². The van der Waals surface area contributed by atoms with Crippen molar-refractivity contribution in [2.45, 2.75) is 19.3 Å². The number of ether oxygens (including phenoxy) is 2. The number of H-pyrrole nitrogens is 1. The highest BCUT2D eigenvalue weighted by Crippen LogP contribution is 2.41. The molecule has 106 valence electrons. The first-order valence-corrected chi connectivity index (χ1v) is 6.87. The molecule has 1 aliphatic rings. The summed E-state index contributed by atoms with van der Waals surface area (Å²) < 4.78 is 11.0. The Morgan fingerprint density at radius 2 is 1.85 bits per heavy atom. The summed E-state index contributed by atoms with van der Waals surface area (Å²) in [5.74, 6) is 2.53. The van der Waals surface area contributed by atoms with E-state index >= 15 is 0 Å². The van der Waals surface area contributed by atoms with Gasteiger partial charge in [0.1, 0.15) is 11.5 Å². The van der Waals surface area contributed by atoms with E-state index in [0.29, 0.717) is 0 Å². The third-order valence-electron chi connectivity index (χ3n) is 3.69. The number of methoxy groups -OCH3 is 2. The van der Waals surface area contributed by atoms with Crippen LogP contribution in [0.4, 0.5) is 5.82 Å². The van der Waals surface area contributed by atoms with Gasteiger partial charge in [-0.1, -0.05) is 6.07 Å². The van der Waals surface area contributed by atoms with Gasteiger partial charge in [0.2, 0.25) is 0 Å². The lowest BCUT2D eigenvalue weighted by molar-refractivity contribution is 0.397. The van der Waals surface area contributed by atoms with Crippen molar-refractivity contribution in [3.8, 4) is 22.8 Å². The molecular weight excluding hydrogens is 254 g/mol. The van der Waals surface area contributed by atoms with Crippen molar-refractivity contribution in [1.29, 1.82) is 0 Å². The Labute approximate surface area is 118 Å². The average Bonchev–Trinajstić information content (AvgIpc) is 2.74. The smallest absolute Gasteiger partial charge is 0.151 e. The number of nitrogens with zero attached hydrogens (tertiary/aromatic N) is 1. The van der Waals surface area contributed by atoms with E-state index in [1.807, 2.05) is 18.2 Å². The van der Waals surface area contributed by atoms with Gasteiger partial charge in [0.05, 0.1) is 25.5 Å². The molecule has 2 N–H and O–H groups in total. The molecule has 0 saturated carbocycles. The molecule has 1 aromatic carbocycles. The molecule has 20 heavy (non-hydrogen) atoms. The van der Waals surface area contributed by atoms with E-state index in [-0.39, 0.29) is 0 Å². The number of benzene rings is 1. The zero-order valence-electron chi connectivity index (χ0n) is 11.8. The summed E-state index contributed by atoms with van der Waals surface area (Å²) in [5, 5.41) is 10.9. The largest absolute Gasteiger partial charge is 0.496 e. The predicted molar refractivity (Wildman–Crippen MR) is 78.6 cm³/mol. The van der Waals surface area contributed by atoms with Gasteiger partial charge in [0.15, 0.2) is 5.82 Å². The monoisotopic (exact) mass is 273 g/mol. The third kappa shape index (κ3) is 2.09. The van der Waals surface area contributed by atoms with Crippen LogP contribution in [0.25, 0.3) is 11.3 Å². The molecule has 0 amide bonds. The highest BCUT2D eigenvalue weighted by molar-refractivity contribution is 5.79. The van der Waals surface area contributed by atoms with Crippen molar-refractivity contribution in [2.24, 2.45) is 0 Å². The van der Waals surface area contributed by atoms with Crippen molar-refractivity contribution in [3.63, 3.8) is 0 Å². The van der Waals surface area contributed by atoms with Crippen LogP contribution in [0.2, 0.25) is 0 Å². The summed E-state index contributed by atoms with van der Waals surface area (Å²) in [6.45, 7) is 0.973. The van der Waals surface area contributed by atoms with Crippen molar-refractivity contribution in [2.75, 3.05) is 26.1 Å². The Kier molecular flexibility index (Phi) is 3.50. The quantitative estimate of drug-likeness (QED) is 0.902. The van der Waals surface area contributed by atoms with Crippen LogP contribution in [0.5, 0.6) is 11.5 Å². The Morgan fingerprint density at radius 3 is 2.55 bits per heavy atom. The van der Waals surface area contributed by atoms with Crippen LogP contribution in [0.1, 0.15) is 18.4 Å². The van der Waals surface area contributed by atoms with Gasteiger partial charge in [-0.2, -0.15) is 5.10 Å². The van der Waals surface area contributed by atoms with Crippen molar-refractivity contribution >= 4 is 5.82 Å². The molecule has 0 fully saturated rings. The molecule has 0 spiro atoms. The van der Waals surface area contributed by atoms with Crippen LogP contribution >= 0.6 is 0 Å². The van der Waals surface area contributed by atoms with E-state index in [1.165, 1.54) is 12.0 Å². The van der Waals surface area contributed by atoms with Crippen LogP contribution in [0, 0.1) is 0 Å². The van der Waals surface area contributed by atoms with Crippen LogP contribution in [0.3, 0.4) is 0 Å². The number of anilines is 1. The minimum absolute atomic E-state index is 0.792. The van der Waals surface area contributed by atoms with Crippen molar-refractivity contribution in [1.82, 2.24) is 10.2 Å². The SMILES string of the molecule is COc1cccc(OC)c1-c1[nH]nc2c1CCCCN2. The van der Waals surface area contributed by atoms with Gasteiger partial charge in [-0.15, -0.1) is 0 Å². The first-order valence-electron chi connectivity index (χ1n) is 6.87. The molecule has 5 nitrogen and oxygen atoms in total. The van der Waals surface area contributed by atoms with Crippen molar-refractivity contribution in [3.05, 3.63) is 23.8 Å². The highest BCUT2D eigenvalue weighted by Gasteiger charge is 2.22. The number of aromatic amines is 1. The Bertz CT molecular complexity index is 585. The van der Waals surface area contributed by atoms with E-state index in [0.717, 1.165) is 48.0 Å². The Balaban J connectivity index is 2.16. The van der Waals surface area contributed by atoms with Gasteiger partial charge in [-0.05, 0) is 31.4 Å². The van der Waals surface area contributed by atoms with Crippen LogP contribution in [0.15, 0.2) is 18.2 Å². The summed E-state index contributed by atoms with van der Waals surface area (Å²) >= 11 is 0. The van der Waals surface area contributed by atoms with Gasteiger partial charge in [-0.3, -0.25) is 5.10 Å². The minimum Gasteiger partial charge on any atom is -0.496 e.